The van der Waals surface area contributed by atoms with Gasteiger partial charge < -0.3 is 9.47 Å². The molecule has 2 fully saturated rings. The lowest BCUT2D eigenvalue weighted by molar-refractivity contribution is -0.134. The molecule has 1 aromatic carbocycles. The molecule has 1 aliphatic heterocycles. The number of nitrogens with zero attached hydrogens (tertiary/aromatic N) is 3. The first-order valence-electron chi connectivity index (χ1n) is 9.44. The number of imidazole rings is 1. The molecule has 4 rings (SSSR count). The fourth-order valence-electron chi connectivity index (χ4n) is 4.33. The molecule has 4 nitrogen and oxygen atoms in total. The van der Waals surface area contributed by atoms with Crippen LogP contribution in [-0.2, 0) is 18.3 Å². The van der Waals surface area contributed by atoms with E-state index in [0.717, 1.165) is 38.2 Å². The second-order valence-electron chi connectivity index (χ2n) is 7.76. The first-order chi connectivity index (χ1) is 12.1. The molecule has 4 heteroatoms. The molecule has 2 aliphatic rings. The molecule has 132 valence electrons. The average Bonchev–Trinajstić information content (AvgIpc) is 3.32. The monoisotopic (exact) mass is 337 g/mol. The molecule has 1 aliphatic carbocycles. The number of amides is 1. The Morgan fingerprint density at radius 3 is 2.92 bits per heavy atom. The second kappa shape index (κ2) is 6.66. The Kier molecular flexibility index (Phi) is 4.36. The highest BCUT2D eigenvalue weighted by Gasteiger charge is 2.46. The molecule has 0 radical (unpaired) electrons. The zero-order valence-electron chi connectivity index (χ0n) is 15.2. The van der Waals surface area contributed by atoms with E-state index in [1.165, 1.54) is 17.5 Å². The van der Waals surface area contributed by atoms with Gasteiger partial charge >= 0.3 is 0 Å². The Morgan fingerprint density at radius 1 is 1.32 bits per heavy atom. The highest BCUT2D eigenvalue weighted by atomic mass is 16.2. The van der Waals surface area contributed by atoms with Crippen LogP contribution in [0.3, 0.4) is 0 Å². The van der Waals surface area contributed by atoms with E-state index < -0.39 is 0 Å². The molecule has 1 saturated heterocycles. The number of carbonyl (C=O) groups excluding carboxylic acids is 1. The first kappa shape index (κ1) is 16.4. The predicted molar refractivity (Wildman–Crippen MR) is 98.2 cm³/mol. The topological polar surface area (TPSA) is 38.1 Å². The van der Waals surface area contributed by atoms with Crippen LogP contribution in [0.15, 0.2) is 36.7 Å². The summed E-state index contributed by atoms with van der Waals surface area (Å²) in [7, 11) is 2.05. The maximum atomic E-state index is 13.0. The third-order valence-corrected chi connectivity index (χ3v) is 5.92. The molecule has 1 aromatic heterocycles. The molecule has 0 unspecified atom stereocenters. The number of rotatable bonds is 4. The SMILES string of the molecule is Cc1ccccc1[C@@H]1C[C@H]1C(=O)N1CCC[C@H](Cc2nccn2C)C1. The van der Waals surface area contributed by atoms with E-state index >= 15 is 0 Å². The van der Waals surface area contributed by atoms with Gasteiger partial charge in [0.25, 0.3) is 0 Å². The van der Waals surface area contributed by atoms with Gasteiger partial charge in [0.2, 0.25) is 5.91 Å². The second-order valence-corrected chi connectivity index (χ2v) is 7.76. The zero-order valence-corrected chi connectivity index (χ0v) is 15.2. The zero-order chi connectivity index (χ0) is 17.4. The standard InChI is InChI=1S/C21H27N3O/c1-15-6-3-4-8-17(15)18-13-19(18)21(25)24-10-5-7-16(14-24)12-20-22-9-11-23(20)2/h3-4,6,8-9,11,16,18-19H,5,7,10,12-14H2,1-2H3/t16-,18+,19-/m1/s1. The fourth-order valence-corrected chi connectivity index (χ4v) is 4.33. The van der Waals surface area contributed by atoms with Crippen LogP contribution in [0.4, 0.5) is 0 Å². The van der Waals surface area contributed by atoms with Gasteiger partial charge in [0.1, 0.15) is 5.82 Å². The van der Waals surface area contributed by atoms with Gasteiger partial charge in [-0.25, -0.2) is 4.98 Å². The summed E-state index contributed by atoms with van der Waals surface area (Å²) >= 11 is 0. The molecule has 0 bridgehead atoms. The predicted octanol–water partition coefficient (Wildman–Crippen LogP) is 3.31. The van der Waals surface area contributed by atoms with Gasteiger partial charge in [0.05, 0.1) is 0 Å². The number of hydrogen-bond acceptors (Lipinski definition) is 2. The summed E-state index contributed by atoms with van der Waals surface area (Å²) < 4.78 is 2.09. The first-order valence-corrected chi connectivity index (χ1v) is 9.44. The number of carbonyl (C=O) groups is 1. The van der Waals surface area contributed by atoms with E-state index in [1.54, 1.807) is 0 Å². The van der Waals surface area contributed by atoms with Crippen LogP contribution < -0.4 is 0 Å². The van der Waals surface area contributed by atoms with E-state index in [0.29, 0.717) is 17.7 Å². The molecule has 0 spiro atoms. The molecule has 3 atom stereocenters. The van der Waals surface area contributed by atoms with Crippen LogP contribution in [0, 0.1) is 18.8 Å². The summed E-state index contributed by atoms with van der Waals surface area (Å²) in [5.74, 6) is 2.67. The van der Waals surface area contributed by atoms with Crippen molar-refractivity contribution < 1.29 is 4.79 Å². The van der Waals surface area contributed by atoms with Crippen molar-refractivity contribution in [2.75, 3.05) is 13.1 Å². The van der Waals surface area contributed by atoms with E-state index in [1.807, 2.05) is 19.4 Å². The minimum Gasteiger partial charge on any atom is -0.342 e. The molecule has 25 heavy (non-hydrogen) atoms. The normalized spacial score (nSPS) is 25.8. The minimum absolute atomic E-state index is 0.202. The number of hydrogen-bond donors (Lipinski definition) is 0. The number of benzene rings is 1. The molecular weight excluding hydrogens is 310 g/mol. The smallest absolute Gasteiger partial charge is 0.226 e. The van der Waals surface area contributed by atoms with Crippen LogP contribution in [0.1, 0.15) is 42.1 Å². The Morgan fingerprint density at radius 2 is 2.16 bits per heavy atom. The Hall–Kier alpha value is -2.10. The summed E-state index contributed by atoms with van der Waals surface area (Å²) in [6, 6.07) is 8.50. The van der Waals surface area contributed by atoms with Gasteiger partial charge in [-0.1, -0.05) is 24.3 Å². The van der Waals surface area contributed by atoms with E-state index in [9.17, 15) is 4.79 Å². The molecule has 2 heterocycles. The van der Waals surface area contributed by atoms with Crippen molar-refractivity contribution in [3.05, 3.63) is 53.6 Å². The Balaban J connectivity index is 1.38. The lowest BCUT2D eigenvalue weighted by Gasteiger charge is -2.33. The van der Waals surface area contributed by atoms with Gasteiger partial charge in [-0.15, -0.1) is 0 Å². The molecule has 1 amide bonds. The summed E-state index contributed by atoms with van der Waals surface area (Å²) in [5, 5.41) is 0. The van der Waals surface area contributed by atoms with Crippen molar-refractivity contribution >= 4 is 5.91 Å². The van der Waals surface area contributed by atoms with Crippen molar-refractivity contribution in [2.24, 2.45) is 18.9 Å². The van der Waals surface area contributed by atoms with Crippen LogP contribution in [0.5, 0.6) is 0 Å². The summed E-state index contributed by atoms with van der Waals surface area (Å²) in [4.78, 5) is 19.5. The lowest BCUT2D eigenvalue weighted by Crippen LogP contribution is -2.41. The third kappa shape index (κ3) is 3.35. The Bertz CT molecular complexity index is 766. The van der Waals surface area contributed by atoms with Crippen molar-refractivity contribution in [3.63, 3.8) is 0 Å². The maximum Gasteiger partial charge on any atom is 0.226 e. The van der Waals surface area contributed by atoms with Gasteiger partial charge in [-0.3, -0.25) is 4.79 Å². The van der Waals surface area contributed by atoms with Crippen LogP contribution in [0.2, 0.25) is 0 Å². The van der Waals surface area contributed by atoms with Crippen molar-refractivity contribution in [1.29, 1.82) is 0 Å². The molecular formula is C21H27N3O. The molecule has 2 aromatic rings. The van der Waals surface area contributed by atoms with E-state index in [2.05, 4.69) is 45.6 Å². The van der Waals surface area contributed by atoms with E-state index in [4.69, 9.17) is 0 Å². The number of aromatic nitrogens is 2. The highest BCUT2D eigenvalue weighted by molar-refractivity contribution is 5.83. The Labute approximate surface area is 149 Å². The number of piperidine rings is 1. The molecule has 0 N–H and O–H groups in total. The molecule has 1 saturated carbocycles. The van der Waals surface area contributed by atoms with Crippen LogP contribution in [0.25, 0.3) is 0 Å². The van der Waals surface area contributed by atoms with Crippen molar-refractivity contribution in [1.82, 2.24) is 14.5 Å². The quantitative estimate of drug-likeness (QED) is 0.858. The largest absolute Gasteiger partial charge is 0.342 e. The maximum absolute atomic E-state index is 13.0. The summed E-state index contributed by atoms with van der Waals surface area (Å²) in [5.41, 5.74) is 2.68. The lowest BCUT2D eigenvalue weighted by atomic mass is 9.94. The van der Waals surface area contributed by atoms with Gasteiger partial charge in [-0.2, -0.15) is 0 Å². The van der Waals surface area contributed by atoms with Crippen LogP contribution >= 0.6 is 0 Å². The van der Waals surface area contributed by atoms with Crippen LogP contribution in [-0.4, -0.2) is 33.4 Å². The summed E-state index contributed by atoms with van der Waals surface area (Å²) in [6.45, 7) is 3.97. The van der Waals surface area contributed by atoms with E-state index in [-0.39, 0.29) is 5.92 Å². The number of likely N-dealkylation sites (tertiary alicyclic amines) is 1. The van der Waals surface area contributed by atoms with Crippen molar-refractivity contribution in [3.8, 4) is 0 Å². The van der Waals surface area contributed by atoms with Gasteiger partial charge in [-0.05, 0) is 49.1 Å². The summed E-state index contributed by atoms with van der Waals surface area (Å²) in [6.07, 6.45) is 8.16. The third-order valence-electron chi connectivity index (χ3n) is 5.92. The van der Waals surface area contributed by atoms with Crippen molar-refractivity contribution in [2.45, 2.75) is 38.5 Å². The van der Waals surface area contributed by atoms with Gasteiger partial charge in [0, 0.05) is 44.9 Å². The van der Waals surface area contributed by atoms with Gasteiger partial charge in [0.15, 0.2) is 0 Å². The fraction of sp³-hybridized carbons (Fsp3) is 0.524. The minimum atomic E-state index is 0.202. The highest BCUT2D eigenvalue weighted by Crippen LogP contribution is 2.49. The average molecular weight is 337 g/mol. The number of aryl methyl sites for hydroxylation is 2.